The summed E-state index contributed by atoms with van der Waals surface area (Å²) in [6, 6.07) is 0. The van der Waals surface area contributed by atoms with Gasteiger partial charge in [0.1, 0.15) is 0 Å². The van der Waals surface area contributed by atoms with Crippen LogP contribution >= 0.6 is 11.6 Å². The van der Waals surface area contributed by atoms with Gasteiger partial charge in [-0.3, -0.25) is 0 Å². The molecule has 82 valence electrons. The topological polar surface area (TPSA) is 38.2 Å². The number of morpholine rings is 1. The highest BCUT2D eigenvalue weighted by Crippen LogP contribution is 2.19. The summed E-state index contributed by atoms with van der Waals surface area (Å²) in [6.45, 7) is 3.74. The van der Waals surface area contributed by atoms with Crippen LogP contribution in [0.5, 0.6) is 0 Å². The first kappa shape index (κ1) is 10.6. The SMILES string of the molecule is C[C@H]1CN(c2nc(Cl)ncc2F)CCO1. The van der Waals surface area contributed by atoms with Gasteiger partial charge in [0.25, 0.3) is 0 Å². The van der Waals surface area contributed by atoms with E-state index in [9.17, 15) is 4.39 Å². The second kappa shape index (κ2) is 4.28. The van der Waals surface area contributed by atoms with Gasteiger partial charge in [0.05, 0.1) is 18.9 Å². The molecule has 1 aromatic rings. The molecule has 0 unspecified atom stereocenters. The number of halogens is 2. The highest BCUT2D eigenvalue weighted by atomic mass is 35.5. The number of rotatable bonds is 1. The average Bonchev–Trinajstić information content (AvgIpc) is 2.22. The van der Waals surface area contributed by atoms with Crippen LogP contribution in [0.1, 0.15) is 6.92 Å². The van der Waals surface area contributed by atoms with E-state index in [-0.39, 0.29) is 17.2 Å². The molecule has 0 aromatic carbocycles. The van der Waals surface area contributed by atoms with E-state index < -0.39 is 5.82 Å². The Balaban J connectivity index is 2.24. The Bertz CT molecular complexity index is 363. The lowest BCUT2D eigenvalue weighted by Crippen LogP contribution is -2.42. The molecular formula is C9H11ClFN3O. The van der Waals surface area contributed by atoms with E-state index in [0.29, 0.717) is 19.7 Å². The molecular weight excluding hydrogens is 221 g/mol. The van der Waals surface area contributed by atoms with Gasteiger partial charge >= 0.3 is 0 Å². The highest BCUT2D eigenvalue weighted by molar-refractivity contribution is 6.28. The summed E-state index contributed by atoms with van der Waals surface area (Å²) in [5.41, 5.74) is 0. The van der Waals surface area contributed by atoms with Crippen molar-refractivity contribution in [1.82, 2.24) is 9.97 Å². The Hall–Kier alpha value is -0.940. The van der Waals surface area contributed by atoms with E-state index in [1.54, 1.807) is 0 Å². The van der Waals surface area contributed by atoms with Gasteiger partial charge in [-0.1, -0.05) is 0 Å². The third-order valence-corrected chi connectivity index (χ3v) is 2.42. The molecule has 2 rings (SSSR count). The number of nitrogens with zero attached hydrogens (tertiary/aromatic N) is 3. The standard InChI is InChI=1S/C9H11ClFN3O/c1-6-5-14(2-3-15-6)8-7(11)4-12-9(10)13-8/h4,6H,2-3,5H2,1H3/t6-/m0/s1. The zero-order valence-corrected chi connectivity index (χ0v) is 9.04. The zero-order chi connectivity index (χ0) is 10.8. The van der Waals surface area contributed by atoms with Gasteiger partial charge in [-0.05, 0) is 18.5 Å². The molecule has 4 nitrogen and oxygen atoms in total. The summed E-state index contributed by atoms with van der Waals surface area (Å²) in [6.07, 6.45) is 1.16. The van der Waals surface area contributed by atoms with Gasteiger partial charge < -0.3 is 9.64 Å². The molecule has 0 radical (unpaired) electrons. The number of aromatic nitrogens is 2. The molecule has 1 saturated heterocycles. The lowest BCUT2D eigenvalue weighted by molar-refractivity contribution is 0.0527. The van der Waals surface area contributed by atoms with Crippen molar-refractivity contribution in [2.45, 2.75) is 13.0 Å². The second-order valence-electron chi connectivity index (χ2n) is 3.44. The van der Waals surface area contributed by atoms with Crippen molar-refractivity contribution >= 4 is 17.4 Å². The minimum atomic E-state index is -0.450. The Morgan fingerprint density at radius 3 is 3.20 bits per heavy atom. The molecule has 1 aliphatic heterocycles. The van der Waals surface area contributed by atoms with Gasteiger partial charge in [-0.2, -0.15) is 4.98 Å². The summed E-state index contributed by atoms with van der Waals surface area (Å²) < 4.78 is 18.8. The van der Waals surface area contributed by atoms with Crippen LogP contribution in [0.2, 0.25) is 5.28 Å². The average molecular weight is 232 g/mol. The monoisotopic (exact) mass is 231 g/mol. The molecule has 1 atom stereocenters. The van der Waals surface area contributed by atoms with E-state index in [1.165, 1.54) is 0 Å². The largest absolute Gasteiger partial charge is 0.375 e. The van der Waals surface area contributed by atoms with Crippen LogP contribution in [0, 0.1) is 5.82 Å². The van der Waals surface area contributed by atoms with Gasteiger partial charge in [0.2, 0.25) is 5.28 Å². The summed E-state index contributed by atoms with van der Waals surface area (Å²) in [7, 11) is 0. The van der Waals surface area contributed by atoms with E-state index >= 15 is 0 Å². The molecule has 1 fully saturated rings. The minimum Gasteiger partial charge on any atom is -0.375 e. The van der Waals surface area contributed by atoms with Crippen LogP contribution < -0.4 is 4.90 Å². The van der Waals surface area contributed by atoms with Crippen LogP contribution in [0.3, 0.4) is 0 Å². The Morgan fingerprint density at radius 1 is 1.67 bits per heavy atom. The fourth-order valence-electron chi connectivity index (χ4n) is 1.57. The molecule has 0 bridgehead atoms. The summed E-state index contributed by atoms with van der Waals surface area (Å²) in [5, 5.41) is 0.0607. The third-order valence-electron chi connectivity index (χ3n) is 2.24. The van der Waals surface area contributed by atoms with E-state index in [4.69, 9.17) is 16.3 Å². The molecule has 15 heavy (non-hydrogen) atoms. The lowest BCUT2D eigenvalue weighted by atomic mass is 10.3. The Labute approximate surface area is 92.0 Å². The van der Waals surface area contributed by atoms with E-state index in [1.807, 2.05) is 11.8 Å². The van der Waals surface area contributed by atoms with Crippen molar-refractivity contribution in [2.24, 2.45) is 0 Å². The van der Waals surface area contributed by atoms with Gasteiger partial charge in [0, 0.05) is 13.1 Å². The maximum Gasteiger partial charge on any atom is 0.224 e. The lowest BCUT2D eigenvalue weighted by Gasteiger charge is -2.31. The number of anilines is 1. The van der Waals surface area contributed by atoms with Crippen molar-refractivity contribution < 1.29 is 9.13 Å². The number of ether oxygens (including phenoxy) is 1. The molecule has 2 heterocycles. The first-order chi connectivity index (χ1) is 7.16. The van der Waals surface area contributed by atoms with Crippen LogP contribution in [0.15, 0.2) is 6.20 Å². The van der Waals surface area contributed by atoms with Crippen molar-refractivity contribution in [1.29, 1.82) is 0 Å². The van der Waals surface area contributed by atoms with Gasteiger partial charge in [-0.25, -0.2) is 9.37 Å². The smallest absolute Gasteiger partial charge is 0.224 e. The normalized spacial score (nSPS) is 21.8. The fraction of sp³-hybridized carbons (Fsp3) is 0.556. The van der Waals surface area contributed by atoms with E-state index in [2.05, 4.69) is 9.97 Å². The highest BCUT2D eigenvalue weighted by Gasteiger charge is 2.21. The maximum absolute atomic E-state index is 13.4. The predicted octanol–water partition coefficient (Wildman–Crippen LogP) is 1.49. The second-order valence-corrected chi connectivity index (χ2v) is 3.78. The summed E-state index contributed by atoms with van der Waals surface area (Å²) in [4.78, 5) is 9.27. The van der Waals surface area contributed by atoms with Crippen molar-refractivity contribution in [3.05, 3.63) is 17.3 Å². The molecule has 0 aliphatic carbocycles. The van der Waals surface area contributed by atoms with Crippen molar-refractivity contribution in [3.63, 3.8) is 0 Å². The van der Waals surface area contributed by atoms with Crippen molar-refractivity contribution in [2.75, 3.05) is 24.6 Å². The van der Waals surface area contributed by atoms with Crippen LogP contribution in [-0.2, 0) is 4.74 Å². The fourth-order valence-corrected chi connectivity index (χ4v) is 1.70. The third kappa shape index (κ3) is 2.35. The van der Waals surface area contributed by atoms with Crippen molar-refractivity contribution in [3.8, 4) is 0 Å². The van der Waals surface area contributed by atoms with Crippen LogP contribution in [0.25, 0.3) is 0 Å². The molecule has 1 aliphatic rings. The van der Waals surface area contributed by atoms with Crippen LogP contribution in [-0.4, -0.2) is 35.8 Å². The molecule has 0 saturated carbocycles. The van der Waals surface area contributed by atoms with Crippen LogP contribution in [0.4, 0.5) is 10.2 Å². The molecule has 6 heteroatoms. The quantitative estimate of drug-likeness (QED) is 0.687. The molecule has 0 N–H and O–H groups in total. The Kier molecular flexibility index (Phi) is 3.02. The maximum atomic E-state index is 13.4. The first-order valence-electron chi connectivity index (χ1n) is 4.71. The van der Waals surface area contributed by atoms with Gasteiger partial charge in [-0.15, -0.1) is 0 Å². The minimum absolute atomic E-state index is 0.0607. The number of hydrogen-bond donors (Lipinski definition) is 0. The summed E-state index contributed by atoms with van der Waals surface area (Å²) in [5.74, 6) is -0.196. The number of hydrogen-bond acceptors (Lipinski definition) is 4. The summed E-state index contributed by atoms with van der Waals surface area (Å²) >= 11 is 5.63. The molecule has 1 aromatic heterocycles. The molecule has 0 spiro atoms. The van der Waals surface area contributed by atoms with Gasteiger partial charge in [0.15, 0.2) is 11.6 Å². The van der Waals surface area contributed by atoms with E-state index in [0.717, 1.165) is 6.20 Å². The first-order valence-corrected chi connectivity index (χ1v) is 5.09. The predicted molar refractivity (Wildman–Crippen MR) is 54.6 cm³/mol. The Morgan fingerprint density at radius 2 is 2.47 bits per heavy atom. The zero-order valence-electron chi connectivity index (χ0n) is 8.28. The molecule has 0 amide bonds.